The quantitative estimate of drug-likeness (QED) is 0.129. The molecule has 0 spiro atoms. The first kappa shape index (κ1) is 88.2. The van der Waals surface area contributed by atoms with Crippen molar-refractivity contribution in [3.8, 4) is 22.9 Å². The van der Waals surface area contributed by atoms with E-state index in [0.29, 0.717) is 0 Å². The van der Waals surface area contributed by atoms with Gasteiger partial charge in [0.1, 0.15) is 0 Å². The number of rotatable bonds is 0. The molecule has 0 heterocycles. The van der Waals surface area contributed by atoms with E-state index in [1.165, 1.54) is 0 Å². The Morgan fingerprint density at radius 3 is 0.312 bits per heavy atom. The second-order valence-corrected chi connectivity index (χ2v) is 22.2. The van der Waals surface area contributed by atoms with Gasteiger partial charge in [-0.05, 0) is 0 Å². The van der Waals surface area contributed by atoms with Crippen molar-refractivity contribution in [1.82, 2.24) is 0 Å². The maximum absolute atomic E-state index is 6.67. The van der Waals surface area contributed by atoms with Gasteiger partial charge in [-0.3, -0.25) is 0 Å². The molecule has 0 saturated carbocycles. The van der Waals surface area contributed by atoms with Gasteiger partial charge in [0, 0.05) is 51.4 Å². The SMILES string of the molecule is [C-]#CC#[C-].[C-]#C[Si](C)(C)C.[C-]#C[Si](C)(C)C.[CH3-].[CH3-].[CH3-].[CH3-].[CH]1C=CC=C1.[CH]1C=CC=C1.[CH]1C=CC=C1.[CH]1C=CC=C1.[CH]1C=CC=C1.[CH]1C=CC=C1.[CH]1C=CC=C1.[CH]1C=CC=C1.[Ti+2].[Ti+2].[Ti+2].[Ti+2]. The molecule has 0 aromatic carbocycles. The molecule has 64 heavy (non-hydrogen) atoms. The molecule has 8 rings (SSSR count). The predicted molar refractivity (Wildman–Crippen MR) is 282 cm³/mol. The van der Waals surface area contributed by atoms with Gasteiger partial charge in [0.25, 0.3) is 0 Å². The molecule has 326 valence electrons. The minimum atomic E-state index is -1.21. The predicted octanol–water partition coefficient (Wildman–Crippen LogP) is 15.4. The number of allylic oxidation sites excluding steroid dienone is 32. The average molecular weight is 1010 g/mol. The summed E-state index contributed by atoms with van der Waals surface area (Å²) < 4.78 is 0. The second-order valence-electron chi connectivity index (χ2n) is 12.7. The summed E-state index contributed by atoms with van der Waals surface area (Å²) >= 11 is 0. The zero-order valence-corrected chi connectivity index (χ0v) is 48.3. The Bertz CT molecular complexity index is 1260. The van der Waals surface area contributed by atoms with Crippen molar-refractivity contribution >= 4 is 16.1 Å². The zero-order chi connectivity index (χ0) is 42.1. The second kappa shape index (κ2) is 74.7. The van der Waals surface area contributed by atoms with Gasteiger partial charge >= 0.3 is 86.9 Å². The standard InChI is InChI=1S/2C5H9Si.8C5H5.C4.4CH3.4Ti/c2*1-5-6(2,3)4;8*1-2-4-5-3-1;1-3-4-2;;;;;;;;/h2*2-4H3;8*1-5H;;4*1H3;;;;/q2*-1;;;;;;;;;-2;4*-1;4*+2. The van der Waals surface area contributed by atoms with Gasteiger partial charge < -0.3 is 78.3 Å². The van der Waals surface area contributed by atoms with E-state index in [9.17, 15) is 0 Å². The Labute approximate surface area is 461 Å². The van der Waals surface area contributed by atoms with Gasteiger partial charge in [-0.2, -0.15) is 0 Å². The number of hydrogen-bond donors (Lipinski definition) is 0. The van der Waals surface area contributed by atoms with Crippen LogP contribution in [0.15, 0.2) is 194 Å². The molecule has 0 bridgehead atoms. The molecule has 0 aromatic rings. The summed E-state index contributed by atoms with van der Waals surface area (Å²) in [6, 6.07) is 0. The fourth-order valence-electron chi connectivity index (χ4n) is 2.57. The van der Waals surface area contributed by atoms with Crippen LogP contribution in [-0.2, 0) is 86.9 Å². The monoisotopic (exact) mass is 1010 g/mol. The van der Waals surface area contributed by atoms with E-state index in [1.807, 2.05) is 246 Å². The van der Waals surface area contributed by atoms with Crippen LogP contribution in [0.5, 0.6) is 0 Å². The summed E-state index contributed by atoms with van der Waals surface area (Å²) in [5, 5.41) is 0. The molecule has 0 aromatic heterocycles. The summed E-state index contributed by atoms with van der Waals surface area (Å²) in [6.07, 6.45) is 105. The van der Waals surface area contributed by atoms with Crippen molar-refractivity contribution < 1.29 is 86.9 Å². The summed E-state index contributed by atoms with van der Waals surface area (Å²) in [4.78, 5) is 0. The minimum absolute atomic E-state index is 0. The van der Waals surface area contributed by atoms with Gasteiger partial charge in [-0.25, -0.2) is 0 Å². The third-order valence-corrected chi connectivity index (χ3v) is 6.76. The van der Waals surface area contributed by atoms with Crippen molar-refractivity contribution in [3.63, 3.8) is 0 Å². The van der Waals surface area contributed by atoms with Gasteiger partial charge in [-0.15, -0.1) is 0 Å². The van der Waals surface area contributed by atoms with Crippen LogP contribution in [0.2, 0.25) is 39.3 Å². The molecule has 0 fully saturated rings. The summed E-state index contributed by atoms with van der Waals surface area (Å²) in [6.45, 7) is 12.5. The van der Waals surface area contributed by atoms with Crippen molar-refractivity contribution in [1.29, 1.82) is 0 Å². The van der Waals surface area contributed by atoms with Crippen molar-refractivity contribution in [2.45, 2.75) is 39.3 Å². The van der Waals surface area contributed by atoms with E-state index in [-0.39, 0.29) is 117 Å². The molecule has 6 heteroatoms. The molecule has 0 N–H and O–H groups in total. The summed E-state index contributed by atoms with van der Waals surface area (Å²) in [5.41, 5.74) is 4.99. The summed E-state index contributed by atoms with van der Waals surface area (Å²) in [5.74, 6) is 3.19. The maximum atomic E-state index is 6.67. The average Bonchev–Trinajstić information content (AvgIpc) is 4.11. The number of hydrogen-bond acceptors (Lipinski definition) is 0. The van der Waals surface area contributed by atoms with Crippen LogP contribution in [0, 0.1) is 130 Å². The first-order valence-corrected chi connectivity index (χ1v) is 25.1. The van der Waals surface area contributed by atoms with Crippen molar-refractivity contribution in [2.24, 2.45) is 0 Å². The molecule has 8 radical (unpaired) electrons. The molecule has 0 nitrogen and oxygen atoms in total. The molecule has 0 atom stereocenters. The van der Waals surface area contributed by atoms with Crippen LogP contribution in [-0.4, -0.2) is 16.1 Å². The van der Waals surface area contributed by atoms with Gasteiger partial charge in [-0.1, -0.05) is 234 Å². The van der Waals surface area contributed by atoms with Crippen LogP contribution >= 0.6 is 0 Å². The fraction of sp³-hybridized carbons (Fsp3) is 0.103. The van der Waals surface area contributed by atoms with Crippen LogP contribution in [0.3, 0.4) is 0 Å². The molecule has 0 amide bonds. The Hall–Kier alpha value is -2.63. The van der Waals surface area contributed by atoms with Crippen LogP contribution < -0.4 is 0 Å². The third-order valence-electron chi connectivity index (χ3n) is 5.26. The molecule has 0 aliphatic heterocycles. The topological polar surface area (TPSA) is 0 Å². The Kier molecular flexibility index (Phi) is 103. The van der Waals surface area contributed by atoms with E-state index in [0.717, 1.165) is 0 Å². The fourth-order valence-corrected chi connectivity index (χ4v) is 2.57. The Balaban J connectivity index is -0.0000000530. The first-order valence-electron chi connectivity index (χ1n) is 18.1. The largest absolute Gasteiger partial charge is 2.00 e. The van der Waals surface area contributed by atoms with Gasteiger partial charge in [0.2, 0.25) is 0 Å². The molecular weight excluding hydrogens is 944 g/mol. The van der Waals surface area contributed by atoms with Crippen LogP contribution in [0.4, 0.5) is 0 Å². The minimum Gasteiger partial charge on any atom is -0.701 e. The van der Waals surface area contributed by atoms with Crippen LogP contribution in [0.1, 0.15) is 0 Å². The van der Waals surface area contributed by atoms with Gasteiger partial charge in [0.15, 0.2) is 0 Å². The van der Waals surface area contributed by atoms with Crippen LogP contribution in [0.25, 0.3) is 0 Å². The van der Waals surface area contributed by atoms with E-state index in [1.54, 1.807) is 11.8 Å². The van der Waals surface area contributed by atoms with E-state index >= 15 is 0 Å². The van der Waals surface area contributed by atoms with Gasteiger partial charge in [0.05, 0.1) is 16.1 Å². The third kappa shape index (κ3) is 103. The smallest absolute Gasteiger partial charge is 0.701 e. The van der Waals surface area contributed by atoms with Crippen molar-refractivity contribution in [2.75, 3.05) is 0 Å². The van der Waals surface area contributed by atoms with E-state index in [2.05, 4.69) is 50.4 Å². The molecule has 8 aliphatic carbocycles. The van der Waals surface area contributed by atoms with E-state index in [4.69, 9.17) is 25.7 Å². The molecule has 0 unspecified atom stereocenters. The zero-order valence-electron chi connectivity index (χ0n) is 40.1. The Morgan fingerprint density at radius 1 is 0.219 bits per heavy atom. The maximum Gasteiger partial charge on any atom is 2.00 e. The molecular formula is C58H70Si2Ti4. The summed E-state index contributed by atoms with van der Waals surface area (Å²) in [7, 11) is -2.43. The van der Waals surface area contributed by atoms with E-state index < -0.39 is 16.1 Å². The van der Waals surface area contributed by atoms with Crippen molar-refractivity contribution in [3.05, 3.63) is 301 Å². The molecule has 0 saturated heterocycles. The normalized spacial score (nSPS) is 13.1. The first-order chi connectivity index (χ1) is 27.0. The Morgan fingerprint density at radius 2 is 0.297 bits per heavy atom. The molecule has 8 aliphatic rings.